The molecule has 5 heterocycles. The zero-order valence-electron chi connectivity index (χ0n) is 27.9. The molecule has 2 fully saturated rings. The van der Waals surface area contributed by atoms with E-state index in [2.05, 4.69) is 49.5 Å². The number of anilines is 2. The Labute approximate surface area is 278 Å². The fraction of sp³-hybridized carbons (Fsp3) is 0.529. The fourth-order valence-corrected chi connectivity index (χ4v) is 6.71. The lowest BCUT2D eigenvalue weighted by Crippen LogP contribution is -2.44. The highest BCUT2D eigenvalue weighted by Crippen LogP contribution is 2.42. The van der Waals surface area contributed by atoms with E-state index in [9.17, 15) is 9.18 Å². The van der Waals surface area contributed by atoms with E-state index in [0.29, 0.717) is 49.1 Å². The first-order valence-corrected chi connectivity index (χ1v) is 16.8. The van der Waals surface area contributed by atoms with Gasteiger partial charge in [0.1, 0.15) is 17.2 Å². The third-order valence-corrected chi connectivity index (χ3v) is 10.2. The number of carbonyl (C=O) groups is 1. The number of carbonyl (C=O) groups excluding carboxylic acids is 1. The number of Topliss-reactive ketones (excluding diaryl/α,β-unsaturated/α-hetero) is 1. The van der Waals surface area contributed by atoms with Crippen LogP contribution in [0.1, 0.15) is 94.3 Å². The molecule has 0 aromatic carbocycles. The topological polar surface area (TPSA) is 154 Å². The Kier molecular flexibility index (Phi) is 8.75. The highest BCUT2D eigenvalue weighted by Gasteiger charge is 2.42. The Morgan fingerprint density at radius 1 is 1.10 bits per heavy atom. The number of methoxy groups -OCH3 is 1. The van der Waals surface area contributed by atoms with Crippen molar-refractivity contribution in [3.8, 4) is 5.82 Å². The van der Waals surface area contributed by atoms with Crippen molar-refractivity contribution in [2.24, 2.45) is 11.8 Å². The van der Waals surface area contributed by atoms with Gasteiger partial charge in [0, 0.05) is 43.7 Å². The van der Waals surface area contributed by atoms with E-state index in [-0.39, 0.29) is 23.5 Å². The van der Waals surface area contributed by atoms with Crippen LogP contribution in [0.4, 0.5) is 16.0 Å². The summed E-state index contributed by atoms with van der Waals surface area (Å²) in [6.45, 7) is 7.03. The summed E-state index contributed by atoms with van der Waals surface area (Å²) in [4.78, 5) is 32.8. The second-order valence-electron chi connectivity index (χ2n) is 13.6. The summed E-state index contributed by atoms with van der Waals surface area (Å²) in [5.74, 6) is 3.32. The van der Waals surface area contributed by atoms with Crippen molar-refractivity contribution in [3.05, 3.63) is 60.1 Å². The van der Waals surface area contributed by atoms with Crippen LogP contribution in [0, 0.1) is 24.6 Å². The smallest absolute Gasteiger partial charge is 0.171 e. The van der Waals surface area contributed by atoms with E-state index < -0.39 is 11.4 Å². The number of aromatic nitrogens is 10. The number of halogens is 1. The number of ether oxygens (including phenoxy) is 1. The highest BCUT2D eigenvalue weighted by atomic mass is 19.1. The van der Waals surface area contributed by atoms with Gasteiger partial charge < -0.3 is 10.1 Å². The maximum atomic E-state index is 13.8. The number of H-pyrrole nitrogens is 1. The Balaban J connectivity index is 1.01. The first-order valence-electron chi connectivity index (χ1n) is 16.8. The molecular weight excluding hydrogens is 613 g/mol. The number of fused-ring (bicyclic) bond motifs is 1. The third kappa shape index (κ3) is 6.58. The van der Waals surface area contributed by atoms with Crippen molar-refractivity contribution >= 4 is 28.5 Å². The van der Waals surface area contributed by atoms with Crippen LogP contribution in [0.3, 0.4) is 0 Å². The fourth-order valence-electron chi connectivity index (χ4n) is 6.71. The van der Waals surface area contributed by atoms with Crippen molar-refractivity contribution in [1.29, 1.82) is 0 Å². The summed E-state index contributed by atoms with van der Waals surface area (Å²) in [6.07, 6.45) is 13.8. The van der Waals surface area contributed by atoms with Gasteiger partial charge in [0.15, 0.2) is 28.9 Å². The summed E-state index contributed by atoms with van der Waals surface area (Å²) in [7, 11) is 1.65. The van der Waals surface area contributed by atoms with E-state index in [1.165, 1.54) is 23.7 Å². The van der Waals surface area contributed by atoms with Crippen molar-refractivity contribution in [2.75, 3.05) is 12.4 Å². The predicted molar refractivity (Wildman–Crippen MR) is 177 cm³/mol. The molecule has 252 valence electrons. The lowest BCUT2D eigenvalue weighted by molar-refractivity contribution is -0.145. The van der Waals surface area contributed by atoms with Crippen LogP contribution in [-0.2, 0) is 16.1 Å². The normalized spacial score (nSPS) is 21.0. The largest absolute Gasteiger partial charge is 0.370 e. The molecule has 2 saturated carbocycles. The molecule has 5 aromatic heterocycles. The number of hydrogen-bond donors (Lipinski definition) is 2. The first-order chi connectivity index (χ1) is 23.2. The molecule has 5 aromatic rings. The van der Waals surface area contributed by atoms with E-state index >= 15 is 0 Å². The third-order valence-electron chi connectivity index (χ3n) is 10.2. The number of aryl methyl sites for hydroxylation is 1. The van der Waals surface area contributed by atoms with Crippen LogP contribution in [0.5, 0.6) is 0 Å². The number of aromatic amines is 1. The number of nitrogens with one attached hydrogen (secondary N) is 2. The molecule has 2 aliphatic carbocycles. The van der Waals surface area contributed by atoms with Gasteiger partial charge in [0.05, 0.1) is 42.1 Å². The van der Waals surface area contributed by atoms with Crippen LogP contribution in [0.2, 0.25) is 0 Å². The van der Waals surface area contributed by atoms with Crippen LogP contribution >= 0.6 is 0 Å². The minimum atomic E-state index is -0.814. The quantitative estimate of drug-likeness (QED) is 0.155. The molecule has 2 atom stereocenters. The molecular formula is C34H42FN11O2. The molecule has 7 rings (SSSR count). The molecule has 0 radical (unpaired) electrons. The molecule has 14 heteroatoms. The highest BCUT2D eigenvalue weighted by molar-refractivity contribution is 5.88. The lowest BCUT2D eigenvalue weighted by Gasteiger charge is -2.37. The number of rotatable bonds is 13. The summed E-state index contributed by atoms with van der Waals surface area (Å²) in [5, 5.41) is 20.2. The minimum absolute atomic E-state index is 0.0801. The van der Waals surface area contributed by atoms with Gasteiger partial charge in [-0.25, -0.2) is 28.7 Å². The molecule has 13 nitrogen and oxygen atoms in total. The number of hydrogen-bond acceptors (Lipinski definition) is 10. The van der Waals surface area contributed by atoms with Gasteiger partial charge in [0.25, 0.3) is 0 Å². The monoisotopic (exact) mass is 655 g/mol. The predicted octanol–water partition coefficient (Wildman–Crippen LogP) is 5.96. The van der Waals surface area contributed by atoms with Gasteiger partial charge in [-0.15, -0.1) is 0 Å². The molecule has 0 saturated heterocycles. The number of nitrogens with zero attached hydrogens (tertiary/aromatic N) is 9. The van der Waals surface area contributed by atoms with Gasteiger partial charge in [-0.05, 0) is 63.7 Å². The maximum Gasteiger partial charge on any atom is 0.171 e. The van der Waals surface area contributed by atoms with Crippen LogP contribution in [0.15, 0.2) is 37.1 Å². The van der Waals surface area contributed by atoms with Crippen LogP contribution < -0.4 is 5.32 Å². The molecule has 0 amide bonds. The van der Waals surface area contributed by atoms with E-state index in [0.717, 1.165) is 53.8 Å². The van der Waals surface area contributed by atoms with E-state index in [1.54, 1.807) is 19.5 Å². The van der Waals surface area contributed by atoms with Crippen molar-refractivity contribution in [2.45, 2.75) is 96.1 Å². The van der Waals surface area contributed by atoms with Crippen LogP contribution in [-0.4, -0.2) is 68.2 Å². The van der Waals surface area contributed by atoms with Crippen molar-refractivity contribution in [1.82, 2.24) is 49.7 Å². The van der Waals surface area contributed by atoms with Crippen molar-refractivity contribution < 1.29 is 13.9 Å². The molecule has 2 aliphatic rings. The SMILES string of the molecule is COC1(C(=O)CC[C@@H](C)C(C)c2cnc(-n3cc(F)cn3)cn2)CCC(c2nc(Nc3cc(C)[nH]n3)c3cnn(CC4CC4)c3n2)CC1. The Hall–Kier alpha value is -4.59. The number of ketones is 1. The van der Waals surface area contributed by atoms with Gasteiger partial charge in [-0.2, -0.15) is 15.3 Å². The second-order valence-corrected chi connectivity index (χ2v) is 13.6. The van der Waals surface area contributed by atoms with Gasteiger partial charge in [-0.1, -0.05) is 13.8 Å². The summed E-state index contributed by atoms with van der Waals surface area (Å²) < 4.78 is 22.7. The summed E-state index contributed by atoms with van der Waals surface area (Å²) in [5.41, 5.74) is 1.79. The summed E-state index contributed by atoms with van der Waals surface area (Å²) in [6, 6.07) is 1.94. The molecule has 0 bridgehead atoms. The molecule has 1 unspecified atom stereocenters. The van der Waals surface area contributed by atoms with Gasteiger partial charge in [-0.3, -0.25) is 14.9 Å². The second kappa shape index (κ2) is 13.1. The summed E-state index contributed by atoms with van der Waals surface area (Å²) >= 11 is 0. The van der Waals surface area contributed by atoms with Crippen molar-refractivity contribution in [3.63, 3.8) is 0 Å². The lowest BCUT2D eigenvalue weighted by atomic mass is 9.74. The zero-order chi connectivity index (χ0) is 33.4. The Morgan fingerprint density at radius 2 is 1.92 bits per heavy atom. The molecule has 48 heavy (non-hydrogen) atoms. The average molecular weight is 656 g/mol. The Bertz CT molecular complexity index is 1890. The Morgan fingerprint density at radius 3 is 2.56 bits per heavy atom. The minimum Gasteiger partial charge on any atom is -0.370 e. The molecule has 0 aliphatic heterocycles. The first kappa shape index (κ1) is 32.0. The maximum absolute atomic E-state index is 13.8. The zero-order valence-corrected chi connectivity index (χ0v) is 27.9. The van der Waals surface area contributed by atoms with E-state index in [1.807, 2.05) is 23.9 Å². The average Bonchev–Trinajstić information content (AvgIpc) is 3.43. The molecule has 2 N–H and O–H groups in total. The van der Waals surface area contributed by atoms with Crippen LogP contribution in [0.25, 0.3) is 16.9 Å². The van der Waals surface area contributed by atoms with Gasteiger partial charge >= 0.3 is 0 Å². The van der Waals surface area contributed by atoms with E-state index in [4.69, 9.17) is 14.7 Å². The standard InChI is InChI=1S/C34H42FN11O2/c1-20(22(3)27-16-37-30(17-36-27)45-19-25(35)14-38-45)5-8-28(47)34(48-4)11-9-24(10-12-34)31-41-32(40-29-13-21(2)43-44-29)26-15-39-46(33(26)42-31)18-23-6-7-23/h13-17,19-20,22-24H,5-12,18H2,1-4H3,(H2,40,41,42,43,44)/t20-,22?,24?,34?/m1/s1. The van der Waals surface area contributed by atoms with Gasteiger partial charge in [0.2, 0.25) is 0 Å². The molecule has 0 spiro atoms.